The summed E-state index contributed by atoms with van der Waals surface area (Å²) in [6, 6.07) is 29.2. The molecule has 4 nitrogen and oxygen atoms in total. The highest BCUT2D eigenvalue weighted by atomic mass is 28.4. The minimum Gasteiger partial charge on any atom is -0.399 e. The number of anilines is 1. The second-order valence-electron chi connectivity index (χ2n) is 7.86. The van der Waals surface area contributed by atoms with Gasteiger partial charge in [0.05, 0.1) is 0 Å². The predicted molar refractivity (Wildman–Crippen MR) is 129 cm³/mol. The van der Waals surface area contributed by atoms with Gasteiger partial charge in [-0.25, -0.2) is 0 Å². The molecule has 0 heterocycles. The van der Waals surface area contributed by atoms with E-state index in [1.807, 2.05) is 30.3 Å². The minimum absolute atomic E-state index is 0.0645. The van der Waals surface area contributed by atoms with Crippen LogP contribution in [0.25, 0.3) is 0 Å². The Morgan fingerprint density at radius 3 is 1.65 bits per heavy atom. The molecule has 0 amide bonds. The first kappa shape index (κ1) is 23.2. The molecule has 0 spiro atoms. The van der Waals surface area contributed by atoms with Gasteiger partial charge in [-0.15, -0.1) is 0 Å². The molecule has 5 heteroatoms. The Balaban J connectivity index is 2.04. The number of para-hydroxylation sites is 1. The lowest BCUT2D eigenvalue weighted by atomic mass is 9.86. The van der Waals surface area contributed by atoms with Gasteiger partial charge in [0.2, 0.25) is 0 Å². The Hall–Kier alpha value is -2.44. The smallest absolute Gasteiger partial charge is 0.399 e. The number of rotatable bonds is 11. The Labute approximate surface area is 187 Å². The average molecular weight is 436 g/mol. The molecule has 0 aromatic heterocycles. The van der Waals surface area contributed by atoms with E-state index in [-0.39, 0.29) is 11.5 Å². The first-order valence-electron chi connectivity index (χ1n) is 10.7. The van der Waals surface area contributed by atoms with Crippen LogP contribution in [0.2, 0.25) is 5.54 Å². The first-order valence-corrected chi connectivity index (χ1v) is 12.5. The van der Waals surface area contributed by atoms with Crippen molar-refractivity contribution in [2.45, 2.75) is 24.8 Å². The number of nitrogen functional groups attached to an aromatic ring is 1. The molecular formula is C26H33NO3Si. The van der Waals surface area contributed by atoms with Crippen molar-refractivity contribution in [3.63, 3.8) is 0 Å². The van der Waals surface area contributed by atoms with E-state index in [1.165, 1.54) is 11.1 Å². The number of nitrogens with two attached hydrogens (primary N) is 1. The van der Waals surface area contributed by atoms with Gasteiger partial charge >= 0.3 is 8.80 Å². The third-order valence-electron chi connectivity index (χ3n) is 6.05. The lowest BCUT2D eigenvalue weighted by molar-refractivity contribution is 0.100. The van der Waals surface area contributed by atoms with Gasteiger partial charge in [-0.1, -0.05) is 78.9 Å². The van der Waals surface area contributed by atoms with E-state index in [9.17, 15) is 0 Å². The van der Waals surface area contributed by atoms with Crippen molar-refractivity contribution >= 4 is 14.5 Å². The normalized spacial score (nSPS) is 13.6. The zero-order chi connectivity index (χ0) is 22.1. The SMILES string of the molecule is CO[Si](OC)(OC)C(Cc1ccccc1)C(Cc1ccccc1)Cc1ccccc1N. The zero-order valence-corrected chi connectivity index (χ0v) is 19.7. The minimum atomic E-state index is -2.96. The molecule has 0 aliphatic rings. The summed E-state index contributed by atoms with van der Waals surface area (Å²) in [5.74, 6) is 0.221. The van der Waals surface area contributed by atoms with Crippen LogP contribution in [-0.4, -0.2) is 30.1 Å². The van der Waals surface area contributed by atoms with E-state index in [2.05, 4.69) is 54.6 Å². The second kappa shape index (κ2) is 11.3. The molecule has 2 N–H and O–H groups in total. The van der Waals surface area contributed by atoms with Gasteiger partial charge in [0.25, 0.3) is 0 Å². The van der Waals surface area contributed by atoms with Crippen molar-refractivity contribution in [1.82, 2.24) is 0 Å². The molecule has 0 saturated heterocycles. The summed E-state index contributed by atoms with van der Waals surface area (Å²) >= 11 is 0. The summed E-state index contributed by atoms with van der Waals surface area (Å²) in [4.78, 5) is 0. The van der Waals surface area contributed by atoms with E-state index in [0.717, 1.165) is 30.5 Å². The van der Waals surface area contributed by atoms with Crippen LogP contribution in [0.3, 0.4) is 0 Å². The Kier molecular flexibility index (Phi) is 8.43. The maximum Gasteiger partial charge on any atom is 0.504 e. The Morgan fingerprint density at radius 2 is 1.13 bits per heavy atom. The fraction of sp³-hybridized carbons (Fsp3) is 0.308. The molecule has 3 aromatic rings. The number of hydrogen-bond donors (Lipinski definition) is 1. The summed E-state index contributed by atoms with van der Waals surface area (Å²) in [7, 11) is 2.15. The molecule has 3 aromatic carbocycles. The molecule has 3 rings (SSSR count). The average Bonchev–Trinajstić information content (AvgIpc) is 2.82. The summed E-state index contributed by atoms with van der Waals surface area (Å²) in [5, 5.41) is 0. The molecule has 2 atom stereocenters. The maximum absolute atomic E-state index is 6.34. The van der Waals surface area contributed by atoms with Crippen molar-refractivity contribution in [2.24, 2.45) is 5.92 Å². The van der Waals surface area contributed by atoms with E-state index < -0.39 is 8.80 Å². The number of hydrogen-bond acceptors (Lipinski definition) is 4. The summed E-state index contributed by atoms with van der Waals surface area (Å²) < 4.78 is 18.1. The topological polar surface area (TPSA) is 53.7 Å². The van der Waals surface area contributed by atoms with Gasteiger partial charge in [0, 0.05) is 32.6 Å². The van der Waals surface area contributed by atoms with Crippen LogP contribution in [0.4, 0.5) is 5.69 Å². The molecule has 0 saturated carbocycles. The van der Waals surface area contributed by atoms with E-state index in [4.69, 9.17) is 19.0 Å². The Bertz CT molecular complexity index is 908. The largest absolute Gasteiger partial charge is 0.504 e. The first-order chi connectivity index (χ1) is 15.1. The van der Waals surface area contributed by atoms with E-state index in [0.29, 0.717) is 0 Å². The summed E-state index contributed by atoms with van der Waals surface area (Å²) in [5.41, 5.74) is 10.9. The molecule has 164 valence electrons. The van der Waals surface area contributed by atoms with Crippen LogP contribution in [-0.2, 0) is 32.5 Å². The van der Waals surface area contributed by atoms with Gasteiger partial charge in [-0.05, 0) is 47.9 Å². The van der Waals surface area contributed by atoms with Crippen LogP contribution in [0.1, 0.15) is 16.7 Å². The van der Waals surface area contributed by atoms with Crippen molar-refractivity contribution in [2.75, 3.05) is 27.1 Å². The molecule has 2 unspecified atom stereocenters. The van der Waals surface area contributed by atoms with Gasteiger partial charge < -0.3 is 19.0 Å². The van der Waals surface area contributed by atoms with Crippen molar-refractivity contribution < 1.29 is 13.3 Å². The standard InChI is InChI=1S/C26H33NO3Si/c1-28-31(29-2,30-3)26(19-22-14-8-5-9-15-22)24(18-21-12-6-4-7-13-21)20-23-16-10-11-17-25(23)27/h4-17,24,26H,18-20,27H2,1-3H3. The van der Waals surface area contributed by atoms with Crippen LogP contribution in [0.15, 0.2) is 84.9 Å². The highest BCUT2D eigenvalue weighted by Gasteiger charge is 2.50. The van der Waals surface area contributed by atoms with Gasteiger partial charge in [-0.2, -0.15) is 0 Å². The monoisotopic (exact) mass is 435 g/mol. The summed E-state index contributed by atoms with van der Waals surface area (Å²) in [6.45, 7) is 0. The van der Waals surface area contributed by atoms with E-state index in [1.54, 1.807) is 21.3 Å². The Morgan fingerprint density at radius 1 is 0.645 bits per heavy atom. The van der Waals surface area contributed by atoms with Crippen molar-refractivity contribution in [1.29, 1.82) is 0 Å². The molecule has 0 aliphatic carbocycles. The van der Waals surface area contributed by atoms with Crippen molar-refractivity contribution in [3.05, 3.63) is 102 Å². The maximum atomic E-state index is 6.34. The van der Waals surface area contributed by atoms with Crippen molar-refractivity contribution in [3.8, 4) is 0 Å². The highest BCUT2D eigenvalue weighted by Crippen LogP contribution is 2.39. The molecule has 0 aliphatic heterocycles. The number of benzene rings is 3. The molecule has 0 fully saturated rings. The lowest BCUT2D eigenvalue weighted by Gasteiger charge is -2.38. The molecular weight excluding hydrogens is 402 g/mol. The fourth-order valence-electron chi connectivity index (χ4n) is 4.43. The quantitative estimate of drug-likeness (QED) is 0.334. The van der Waals surface area contributed by atoms with Gasteiger partial charge in [-0.3, -0.25) is 0 Å². The third kappa shape index (κ3) is 5.83. The highest BCUT2D eigenvalue weighted by molar-refractivity contribution is 6.62. The zero-order valence-electron chi connectivity index (χ0n) is 18.7. The molecule has 0 radical (unpaired) electrons. The lowest BCUT2D eigenvalue weighted by Crippen LogP contribution is -2.51. The second-order valence-corrected chi connectivity index (χ2v) is 11.0. The van der Waals surface area contributed by atoms with Crippen LogP contribution in [0, 0.1) is 5.92 Å². The van der Waals surface area contributed by atoms with Crippen LogP contribution >= 0.6 is 0 Å². The predicted octanol–water partition coefficient (Wildman–Crippen LogP) is 5.16. The molecule has 31 heavy (non-hydrogen) atoms. The van der Waals surface area contributed by atoms with Gasteiger partial charge in [0.15, 0.2) is 0 Å². The van der Waals surface area contributed by atoms with Gasteiger partial charge in [0.1, 0.15) is 0 Å². The summed E-state index contributed by atoms with van der Waals surface area (Å²) in [6.07, 6.45) is 2.52. The third-order valence-corrected chi connectivity index (χ3v) is 9.34. The van der Waals surface area contributed by atoms with Crippen LogP contribution in [0.5, 0.6) is 0 Å². The van der Waals surface area contributed by atoms with Crippen LogP contribution < -0.4 is 5.73 Å². The fourth-order valence-corrected chi connectivity index (χ4v) is 7.14. The molecule has 0 bridgehead atoms. The van der Waals surface area contributed by atoms with E-state index >= 15 is 0 Å².